The van der Waals surface area contributed by atoms with Crippen molar-refractivity contribution in [2.24, 2.45) is 0 Å². The van der Waals surface area contributed by atoms with Gasteiger partial charge in [-0.05, 0) is 31.5 Å². The number of halogens is 1. The molecule has 1 aromatic carbocycles. The van der Waals surface area contributed by atoms with Crippen LogP contribution in [0.15, 0.2) is 41.2 Å². The maximum absolute atomic E-state index is 12.2. The number of aryl methyl sites for hydroxylation is 2. The molecule has 3 N–H and O–H groups in total. The van der Waals surface area contributed by atoms with Crippen molar-refractivity contribution in [1.29, 1.82) is 0 Å². The van der Waals surface area contributed by atoms with Gasteiger partial charge in [0.25, 0.3) is 5.56 Å². The molecule has 0 saturated carbocycles. The van der Waals surface area contributed by atoms with E-state index in [2.05, 4.69) is 25.7 Å². The summed E-state index contributed by atoms with van der Waals surface area (Å²) in [6.07, 6.45) is 0. The van der Waals surface area contributed by atoms with Gasteiger partial charge in [0.15, 0.2) is 0 Å². The number of rotatable bonds is 4. The van der Waals surface area contributed by atoms with Crippen LogP contribution in [-0.2, 0) is 16.1 Å². The number of benzene rings is 1. The molecule has 0 radical (unpaired) electrons. The third-order valence-corrected chi connectivity index (χ3v) is 3.96. The topological polar surface area (TPSA) is 122 Å². The van der Waals surface area contributed by atoms with Gasteiger partial charge < -0.3 is 10.6 Å². The second-order valence-corrected chi connectivity index (χ2v) is 6.49. The van der Waals surface area contributed by atoms with E-state index in [-0.39, 0.29) is 23.9 Å². The fraction of sp³-hybridized carbons (Fsp3) is 0.167. The molecule has 2 heterocycles. The molecular formula is C18H17ClN6O3. The summed E-state index contributed by atoms with van der Waals surface area (Å²) < 4.78 is 1.26. The summed E-state index contributed by atoms with van der Waals surface area (Å²) in [4.78, 5) is 42.8. The Labute approximate surface area is 164 Å². The van der Waals surface area contributed by atoms with Gasteiger partial charge >= 0.3 is 11.8 Å². The monoisotopic (exact) mass is 400 g/mol. The highest BCUT2D eigenvalue weighted by Crippen LogP contribution is 2.14. The van der Waals surface area contributed by atoms with Crippen molar-refractivity contribution in [2.75, 3.05) is 5.32 Å². The Morgan fingerprint density at radius 1 is 1.11 bits per heavy atom. The minimum atomic E-state index is -0.870. The summed E-state index contributed by atoms with van der Waals surface area (Å²) >= 11 is 5.81. The average Bonchev–Trinajstić information content (AvgIpc) is 3.00. The number of aromatic nitrogens is 4. The summed E-state index contributed by atoms with van der Waals surface area (Å²) in [7, 11) is 0. The van der Waals surface area contributed by atoms with E-state index in [1.807, 2.05) is 0 Å². The Bertz CT molecular complexity index is 1090. The second-order valence-electron chi connectivity index (χ2n) is 6.06. The van der Waals surface area contributed by atoms with Crippen LogP contribution in [0.4, 0.5) is 5.82 Å². The molecule has 10 heteroatoms. The number of H-pyrrole nitrogens is 1. The minimum Gasteiger partial charge on any atom is -0.344 e. The molecule has 0 fully saturated rings. The van der Waals surface area contributed by atoms with Crippen LogP contribution in [0, 0.1) is 13.8 Å². The van der Waals surface area contributed by atoms with E-state index in [1.165, 1.54) is 10.7 Å². The molecule has 2 aromatic heterocycles. The standard InChI is InChI=1S/C18H17ClN6O3/c1-10-8-15(26)23-18(21-10)25-14(7-11(2)24-25)22-17(28)16(27)20-9-12-3-5-13(19)6-4-12/h3-8H,9H2,1-2H3,(H,20,27)(H,22,28)(H,21,23,26). The first-order valence-corrected chi connectivity index (χ1v) is 8.68. The zero-order valence-corrected chi connectivity index (χ0v) is 15.9. The Morgan fingerprint density at radius 2 is 1.82 bits per heavy atom. The first kappa shape index (κ1) is 19.3. The van der Waals surface area contributed by atoms with Crippen molar-refractivity contribution in [3.8, 4) is 5.95 Å². The van der Waals surface area contributed by atoms with Gasteiger partial charge in [-0.3, -0.25) is 19.4 Å². The number of aromatic amines is 1. The molecule has 0 aliphatic heterocycles. The van der Waals surface area contributed by atoms with Crippen molar-refractivity contribution < 1.29 is 9.59 Å². The van der Waals surface area contributed by atoms with Gasteiger partial charge in [-0.15, -0.1) is 0 Å². The predicted octanol–water partition coefficient (Wildman–Crippen LogP) is 1.48. The van der Waals surface area contributed by atoms with Gasteiger partial charge in [0.05, 0.1) is 5.69 Å². The lowest BCUT2D eigenvalue weighted by Gasteiger charge is -2.09. The van der Waals surface area contributed by atoms with Crippen molar-refractivity contribution in [3.05, 3.63) is 68.7 Å². The van der Waals surface area contributed by atoms with Gasteiger partial charge in [0.1, 0.15) is 5.82 Å². The van der Waals surface area contributed by atoms with Crippen molar-refractivity contribution in [3.63, 3.8) is 0 Å². The number of hydrogen-bond acceptors (Lipinski definition) is 5. The van der Waals surface area contributed by atoms with Gasteiger partial charge in [-0.2, -0.15) is 9.78 Å². The van der Waals surface area contributed by atoms with Crippen molar-refractivity contribution in [1.82, 2.24) is 25.1 Å². The zero-order chi connectivity index (χ0) is 20.3. The number of hydrogen-bond donors (Lipinski definition) is 3. The van der Waals surface area contributed by atoms with Gasteiger partial charge in [0, 0.05) is 29.4 Å². The normalized spacial score (nSPS) is 10.5. The molecule has 0 bridgehead atoms. The maximum atomic E-state index is 12.2. The molecule has 0 aliphatic rings. The zero-order valence-electron chi connectivity index (χ0n) is 15.1. The summed E-state index contributed by atoms with van der Waals surface area (Å²) in [6, 6.07) is 9.78. The summed E-state index contributed by atoms with van der Waals surface area (Å²) in [5, 5.41) is 9.79. The van der Waals surface area contributed by atoms with E-state index in [1.54, 1.807) is 44.2 Å². The molecule has 0 unspecified atom stereocenters. The van der Waals surface area contributed by atoms with Gasteiger partial charge in [-0.25, -0.2) is 4.98 Å². The molecule has 3 aromatic rings. The highest BCUT2D eigenvalue weighted by molar-refractivity contribution is 6.39. The SMILES string of the molecule is Cc1cc(=O)[nH]c(-n2nc(C)cc2NC(=O)C(=O)NCc2ccc(Cl)cc2)n1. The Hall–Kier alpha value is -3.46. The van der Waals surface area contributed by atoms with Gasteiger partial charge in [0.2, 0.25) is 5.95 Å². The molecule has 0 spiro atoms. The number of anilines is 1. The number of carbonyl (C=O) groups excluding carboxylic acids is 2. The molecule has 0 saturated heterocycles. The van der Waals surface area contributed by atoms with Crippen molar-refractivity contribution >= 4 is 29.2 Å². The molecule has 2 amide bonds. The number of nitrogens with one attached hydrogen (secondary N) is 3. The quantitative estimate of drug-likeness (QED) is 0.572. The lowest BCUT2D eigenvalue weighted by molar-refractivity contribution is -0.136. The number of amides is 2. The fourth-order valence-corrected chi connectivity index (χ4v) is 2.58. The molecule has 28 heavy (non-hydrogen) atoms. The Balaban J connectivity index is 1.72. The summed E-state index contributed by atoms with van der Waals surface area (Å²) in [5.41, 5.74) is 1.51. The minimum absolute atomic E-state index is 0.134. The Kier molecular flexibility index (Phi) is 5.55. The molecular weight excluding hydrogens is 384 g/mol. The molecule has 0 aliphatic carbocycles. The van der Waals surface area contributed by atoms with Crippen LogP contribution in [0.1, 0.15) is 17.0 Å². The lowest BCUT2D eigenvalue weighted by Crippen LogP contribution is -2.35. The van der Waals surface area contributed by atoms with Crippen LogP contribution in [0.2, 0.25) is 5.02 Å². The van der Waals surface area contributed by atoms with Crippen LogP contribution in [0.25, 0.3) is 5.95 Å². The van der Waals surface area contributed by atoms with Gasteiger partial charge in [-0.1, -0.05) is 23.7 Å². The van der Waals surface area contributed by atoms with E-state index in [4.69, 9.17) is 11.6 Å². The fourth-order valence-electron chi connectivity index (χ4n) is 2.45. The van der Waals surface area contributed by atoms with E-state index >= 15 is 0 Å². The number of carbonyl (C=O) groups is 2. The van der Waals surface area contributed by atoms with E-state index in [9.17, 15) is 14.4 Å². The smallest absolute Gasteiger partial charge is 0.314 e. The first-order valence-electron chi connectivity index (χ1n) is 8.30. The first-order chi connectivity index (χ1) is 13.3. The highest BCUT2D eigenvalue weighted by atomic mass is 35.5. The molecule has 0 atom stereocenters. The maximum Gasteiger partial charge on any atom is 0.314 e. The average molecular weight is 401 g/mol. The molecule has 144 valence electrons. The highest BCUT2D eigenvalue weighted by Gasteiger charge is 2.18. The molecule has 9 nitrogen and oxygen atoms in total. The van der Waals surface area contributed by atoms with Crippen LogP contribution in [0.5, 0.6) is 0 Å². The largest absolute Gasteiger partial charge is 0.344 e. The van der Waals surface area contributed by atoms with Crippen LogP contribution >= 0.6 is 11.6 Å². The van der Waals surface area contributed by atoms with Crippen LogP contribution < -0.4 is 16.2 Å². The predicted molar refractivity (Wildman–Crippen MR) is 103 cm³/mol. The number of nitrogens with zero attached hydrogens (tertiary/aromatic N) is 3. The third-order valence-electron chi connectivity index (χ3n) is 3.70. The van der Waals surface area contributed by atoms with E-state index < -0.39 is 11.8 Å². The summed E-state index contributed by atoms with van der Waals surface area (Å²) in [5.74, 6) is -1.34. The van der Waals surface area contributed by atoms with E-state index in [0.29, 0.717) is 16.4 Å². The van der Waals surface area contributed by atoms with Crippen molar-refractivity contribution in [2.45, 2.75) is 20.4 Å². The Morgan fingerprint density at radius 3 is 2.50 bits per heavy atom. The van der Waals surface area contributed by atoms with Crippen LogP contribution in [-0.4, -0.2) is 31.6 Å². The van der Waals surface area contributed by atoms with E-state index in [0.717, 1.165) is 5.56 Å². The molecule has 3 rings (SSSR count). The second kappa shape index (κ2) is 8.05. The lowest BCUT2D eigenvalue weighted by atomic mass is 10.2. The third kappa shape index (κ3) is 4.63. The summed E-state index contributed by atoms with van der Waals surface area (Å²) in [6.45, 7) is 3.55. The van der Waals surface area contributed by atoms with Crippen LogP contribution in [0.3, 0.4) is 0 Å².